The van der Waals surface area contributed by atoms with E-state index in [4.69, 9.17) is 0 Å². The first-order chi connectivity index (χ1) is 8.34. The van der Waals surface area contributed by atoms with Crippen molar-refractivity contribution in [3.63, 3.8) is 0 Å². The lowest BCUT2D eigenvalue weighted by atomic mass is 9.96. The first kappa shape index (κ1) is 11.2. The SMILES string of the molecule is O=C(N[C@H]1CCCN2CCC[C@@H]12)c1ccns1. The Morgan fingerprint density at radius 3 is 3.00 bits per heavy atom. The van der Waals surface area contributed by atoms with E-state index in [1.807, 2.05) is 0 Å². The van der Waals surface area contributed by atoms with Crippen LogP contribution in [-0.2, 0) is 0 Å². The van der Waals surface area contributed by atoms with Crippen molar-refractivity contribution in [3.05, 3.63) is 17.1 Å². The van der Waals surface area contributed by atoms with Crippen LogP contribution in [0.3, 0.4) is 0 Å². The second-order valence-corrected chi connectivity index (χ2v) is 5.68. The van der Waals surface area contributed by atoms with Crippen LogP contribution in [0.1, 0.15) is 35.4 Å². The van der Waals surface area contributed by atoms with Crippen LogP contribution in [0.5, 0.6) is 0 Å². The Balaban J connectivity index is 1.66. The lowest BCUT2D eigenvalue weighted by molar-refractivity contribution is 0.0872. The fraction of sp³-hybridized carbons (Fsp3) is 0.667. The maximum atomic E-state index is 12.0. The van der Waals surface area contributed by atoms with E-state index in [0.29, 0.717) is 12.1 Å². The minimum Gasteiger partial charge on any atom is -0.347 e. The number of piperidine rings is 1. The minimum absolute atomic E-state index is 0.0475. The summed E-state index contributed by atoms with van der Waals surface area (Å²) >= 11 is 1.27. The molecular formula is C12H17N3OS. The molecule has 4 nitrogen and oxygen atoms in total. The number of carbonyl (C=O) groups is 1. The number of rotatable bonds is 2. The van der Waals surface area contributed by atoms with Crippen molar-refractivity contribution in [1.29, 1.82) is 0 Å². The molecule has 0 bridgehead atoms. The highest BCUT2D eigenvalue weighted by molar-refractivity contribution is 7.08. The Kier molecular flexibility index (Phi) is 3.11. The summed E-state index contributed by atoms with van der Waals surface area (Å²) in [7, 11) is 0. The summed E-state index contributed by atoms with van der Waals surface area (Å²) < 4.78 is 3.97. The summed E-state index contributed by atoms with van der Waals surface area (Å²) in [5.74, 6) is 0.0475. The first-order valence-corrected chi connectivity index (χ1v) is 7.07. The van der Waals surface area contributed by atoms with Gasteiger partial charge in [0.25, 0.3) is 5.91 Å². The molecule has 0 saturated carbocycles. The van der Waals surface area contributed by atoms with E-state index >= 15 is 0 Å². The first-order valence-electron chi connectivity index (χ1n) is 6.30. The van der Waals surface area contributed by atoms with Crippen LogP contribution >= 0.6 is 11.5 Å². The zero-order valence-electron chi connectivity index (χ0n) is 9.76. The maximum Gasteiger partial charge on any atom is 0.263 e. The molecule has 1 amide bonds. The van der Waals surface area contributed by atoms with Gasteiger partial charge in [-0.3, -0.25) is 9.69 Å². The Labute approximate surface area is 105 Å². The largest absolute Gasteiger partial charge is 0.347 e. The zero-order chi connectivity index (χ0) is 11.7. The molecule has 1 aromatic rings. The van der Waals surface area contributed by atoms with E-state index in [1.54, 1.807) is 12.3 Å². The highest BCUT2D eigenvalue weighted by atomic mass is 32.1. The minimum atomic E-state index is 0.0475. The third-order valence-corrected chi connectivity index (χ3v) is 4.56. The van der Waals surface area contributed by atoms with Crippen LogP contribution in [0.2, 0.25) is 0 Å². The van der Waals surface area contributed by atoms with Crippen molar-refractivity contribution >= 4 is 17.4 Å². The molecule has 1 N–H and O–H groups in total. The molecule has 0 radical (unpaired) electrons. The standard InChI is InChI=1S/C12H17N3OS/c16-12(11-5-6-13-17-11)14-9-3-1-7-15-8-2-4-10(9)15/h5-6,9-10H,1-4,7-8H2,(H,14,16)/t9-,10-/m0/s1. The summed E-state index contributed by atoms with van der Waals surface area (Å²) in [6.45, 7) is 2.41. The third kappa shape index (κ3) is 2.21. The van der Waals surface area contributed by atoms with Crippen molar-refractivity contribution in [2.75, 3.05) is 13.1 Å². The number of nitrogens with zero attached hydrogens (tertiary/aromatic N) is 2. The van der Waals surface area contributed by atoms with E-state index in [0.717, 1.165) is 11.3 Å². The molecule has 2 aliphatic rings. The number of aromatic nitrogens is 1. The van der Waals surface area contributed by atoms with E-state index < -0.39 is 0 Å². The highest BCUT2D eigenvalue weighted by Gasteiger charge is 2.35. The summed E-state index contributed by atoms with van der Waals surface area (Å²) in [4.78, 5) is 15.3. The molecule has 0 aliphatic carbocycles. The lowest BCUT2D eigenvalue weighted by Crippen LogP contribution is -2.52. The van der Waals surface area contributed by atoms with Crippen molar-refractivity contribution in [1.82, 2.24) is 14.6 Å². The number of carbonyl (C=O) groups excluding carboxylic acids is 1. The molecule has 2 saturated heterocycles. The Bertz CT molecular complexity index is 392. The molecular weight excluding hydrogens is 234 g/mol. The van der Waals surface area contributed by atoms with Gasteiger partial charge in [-0.25, -0.2) is 4.37 Å². The quantitative estimate of drug-likeness (QED) is 0.866. The smallest absolute Gasteiger partial charge is 0.263 e. The average molecular weight is 251 g/mol. The van der Waals surface area contributed by atoms with Crippen molar-refractivity contribution < 1.29 is 4.79 Å². The van der Waals surface area contributed by atoms with Gasteiger partial charge < -0.3 is 5.32 Å². The van der Waals surface area contributed by atoms with Gasteiger partial charge in [0, 0.05) is 18.3 Å². The monoisotopic (exact) mass is 251 g/mol. The molecule has 0 spiro atoms. The predicted molar refractivity (Wildman–Crippen MR) is 67.2 cm³/mol. The Morgan fingerprint density at radius 2 is 2.24 bits per heavy atom. The molecule has 0 unspecified atom stereocenters. The summed E-state index contributed by atoms with van der Waals surface area (Å²) in [5, 5.41) is 3.18. The molecule has 1 aromatic heterocycles. The van der Waals surface area contributed by atoms with Crippen molar-refractivity contribution in [2.24, 2.45) is 0 Å². The highest BCUT2D eigenvalue weighted by Crippen LogP contribution is 2.27. The van der Waals surface area contributed by atoms with E-state index in [1.165, 1.54) is 43.9 Å². The van der Waals surface area contributed by atoms with Crippen molar-refractivity contribution in [3.8, 4) is 0 Å². The molecule has 0 aromatic carbocycles. The molecule has 5 heteroatoms. The topological polar surface area (TPSA) is 45.2 Å². The van der Waals surface area contributed by atoms with Gasteiger partial charge in [-0.2, -0.15) is 0 Å². The average Bonchev–Trinajstić information content (AvgIpc) is 3.00. The van der Waals surface area contributed by atoms with Crippen LogP contribution in [0.4, 0.5) is 0 Å². The number of hydrogen-bond acceptors (Lipinski definition) is 4. The van der Waals surface area contributed by atoms with Gasteiger partial charge in [0.15, 0.2) is 0 Å². The van der Waals surface area contributed by atoms with Gasteiger partial charge in [0.05, 0.1) is 0 Å². The zero-order valence-corrected chi connectivity index (χ0v) is 10.6. The molecule has 3 rings (SSSR count). The molecule has 17 heavy (non-hydrogen) atoms. The summed E-state index contributed by atoms with van der Waals surface area (Å²) in [6.07, 6.45) is 6.50. The van der Waals surface area contributed by atoms with Gasteiger partial charge in [-0.1, -0.05) is 0 Å². The number of nitrogens with one attached hydrogen (secondary N) is 1. The van der Waals surface area contributed by atoms with Crippen LogP contribution in [0, 0.1) is 0 Å². The number of hydrogen-bond donors (Lipinski definition) is 1. The Morgan fingerprint density at radius 1 is 1.41 bits per heavy atom. The van der Waals surface area contributed by atoms with E-state index in [2.05, 4.69) is 14.6 Å². The maximum absolute atomic E-state index is 12.0. The van der Waals surface area contributed by atoms with Gasteiger partial charge in [0.2, 0.25) is 0 Å². The van der Waals surface area contributed by atoms with Crippen LogP contribution < -0.4 is 5.32 Å². The molecule has 2 aliphatic heterocycles. The van der Waals surface area contributed by atoms with Crippen molar-refractivity contribution in [2.45, 2.75) is 37.8 Å². The van der Waals surface area contributed by atoms with Gasteiger partial charge in [-0.05, 0) is 56.4 Å². The molecule has 3 heterocycles. The van der Waals surface area contributed by atoms with E-state index in [-0.39, 0.29) is 5.91 Å². The van der Waals surface area contributed by atoms with Crippen LogP contribution in [-0.4, -0.2) is 40.4 Å². The van der Waals surface area contributed by atoms with Crippen LogP contribution in [0.25, 0.3) is 0 Å². The van der Waals surface area contributed by atoms with Gasteiger partial charge in [-0.15, -0.1) is 0 Å². The summed E-state index contributed by atoms with van der Waals surface area (Å²) in [6, 6.07) is 2.69. The van der Waals surface area contributed by atoms with E-state index in [9.17, 15) is 4.79 Å². The normalized spacial score (nSPS) is 28.9. The summed E-state index contributed by atoms with van der Waals surface area (Å²) in [5.41, 5.74) is 0. The molecule has 92 valence electrons. The van der Waals surface area contributed by atoms with Crippen LogP contribution in [0.15, 0.2) is 12.3 Å². The lowest BCUT2D eigenvalue weighted by Gasteiger charge is -2.36. The second-order valence-electron chi connectivity index (χ2n) is 4.84. The predicted octanol–water partition coefficient (Wildman–Crippen LogP) is 1.50. The fourth-order valence-electron chi connectivity index (χ4n) is 3.03. The number of amides is 1. The third-order valence-electron chi connectivity index (χ3n) is 3.82. The Hall–Kier alpha value is -0.940. The fourth-order valence-corrected chi connectivity index (χ4v) is 3.53. The van der Waals surface area contributed by atoms with Gasteiger partial charge in [0.1, 0.15) is 4.88 Å². The molecule has 2 atom stereocenters. The second kappa shape index (κ2) is 4.74. The molecule has 2 fully saturated rings. The van der Waals surface area contributed by atoms with Gasteiger partial charge >= 0.3 is 0 Å². The number of fused-ring (bicyclic) bond motifs is 1.